The van der Waals surface area contributed by atoms with E-state index in [4.69, 9.17) is 11.5 Å². The molecule has 0 aliphatic heterocycles. The molecule has 0 saturated heterocycles. The summed E-state index contributed by atoms with van der Waals surface area (Å²) in [5.74, 6) is -0.485. The van der Waals surface area contributed by atoms with E-state index in [2.05, 4.69) is 15.3 Å². The van der Waals surface area contributed by atoms with E-state index < -0.39 is 5.91 Å². The van der Waals surface area contributed by atoms with Crippen molar-refractivity contribution in [1.82, 2.24) is 9.97 Å². The van der Waals surface area contributed by atoms with Crippen LogP contribution >= 0.6 is 0 Å². The van der Waals surface area contributed by atoms with Crippen LogP contribution in [0, 0.1) is 5.92 Å². The number of nitrogens with two attached hydrogens (primary N) is 2. The first-order valence-electron chi connectivity index (χ1n) is 8.34. The third kappa shape index (κ3) is 4.12. The molecular weight excluding hydrogens is 318 g/mol. The summed E-state index contributed by atoms with van der Waals surface area (Å²) < 4.78 is 0. The summed E-state index contributed by atoms with van der Waals surface area (Å²) in [7, 11) is 0. The number of benzene rings is 1. The molecule has 130 valence electrons. The number of nitrogen functional groups attached to an aromatic ring is 1. The van der Waals surface area contributed by atoms with Crippen LogP contribution in [0.2, 0.25) is 0 Å². The molecule has 7 heteroatoms. The second-order valence-electron chi connectivity index (χ2n) is 6.31. The third-order valence-electron chi connectivity index (χ3n) is 4.39. The lowest BCUT2D eigenvalue weighted by Gasteiger charge is -2.11. The van der Waals surface area contributed by atoms with Crippen molar-refractivity contribution < 1.29 is 9.59 Å². The Balaban J connectivity index is 1.72. The highest BCUT2D eigenvalue weighted by Gasteiger charge is 2.22. The fraction of sp³-hybridized carbons (Fsp3) is 0.333. The van der Waals surface area contributed by atoms with Crippen LogP contribution < -0.4 is 16.8 Å². The van der Waals surface area contributed by atoms with Crippen molar-refractivity contribution in [2.45, 2.75) is 32.1 Å². The zero-order chi connectivity index (χ0) is 17.8. The molecule has 0 spiro atoms. The van der Waals surface area contributed by atoms with Gasteiger partial charge >= 0.3 is 0 Å². The number of amides is 2. The van der Waals surface area contributed by atoms with Crippen LogP contribution in [0.25, 0.3) is 0 Å². The molecule has 7 nitrogen and oxygen atoms in total. The highest BCUT2D eigenvalue weighted by Crippen LogP contribution is 2.26. The van der Waals surface area contributed by atoms with Crippen LogP contribution in [0.1, 0.15) is 47.4 Å². The number of carbonyl (C=O) groups excluding carboxylic acids is 2. The van der Waals surface area contributed by atoms with Crippen LogP contribution in [0.15, 0.2) is 30.5 Å². The van der Waals surface area contributed by atoms with Gasteiger partial charge in [0.25, 0.3) is 5.91 Å². The van der Waals surface area contributed by atoms with E-state index >= 15 is 0 Å². The van der Waals surface area contributed by atoms with Crippen LogP contribution in [0.3, 0.4) is 0 Å². The predicted octanol–water partition coefficient (Wildman–Crippen LogP) is 1.88. The molecule has 2 amide bonds. The van der Waals surface area contributed by atoms with Gasteiger partial charge in [0.05, 0.1) is 11.9 Å². The molecule has 1 aliphatic carbocycles. The van der Waals surface area contributed by atoms with Gasteiger partial charge in [0.15, 0.2) is 11.5 Å². The Morgan fingerprint density at radius 3 is 2.72 bits per heavy atom. The SMILES string of the molecule is NC(=O)c1nc(Cc2cccc(NC(=O)C3CCCC3)c2)cnc1N. The van der Waals surface area contributed by atoms with Gasteiger partial charge < -0.3 is 16.8 Å². The summed E-state index contributed by atoms with van der Waals surface area (Å²) in [6.07, 6.45) is 6.14. The number of nitrogens with one attached hydrogen (secondary N) is 1. The topological polar surface area (TPSA) is 124 Å². The number of nitrogens with zero attached hydrogens (tertiary/aromatic N) is 2. The van der Waals surface area contributed by atoms with Crippen LogP contribution in [0.4, 0.5) is 11.5 Å². The summed E-state index contributed by atoms with van der Waals surface area (Å²) >= 11 is 0. The molecule has 1 saturated carbocycles. The predicted molar refractivity (Wildman–Crippen MR) is 94.8 cm³/mol. The molecule has 1 aromatic heterocycles. The molecule has 0 radical (unpaired) electrons. The quantitative estimate of drug-likeness (QED) is 0.767. The first-order valence-corrected chi connectivity index (χ1v) is 8.34. The molecule has 2 aromatic rings. The van der Waals surface area contributed by atoms with Gasteiger partial charge in [-0.15, -0.1) is 0 Å². The second-order valence-corrected chi connectivity index (χ2v) is 6.31. The average Bonchev–Trinajstić information content (AvgIpc) is 3.11. The zero-order valence-corrected chi connectivity index (χ0v) is 13.9. The number of hydrogen-bond acceptors (Lipinski definition) is 5. The minimum Gasteiger partial charge on any atom is -0.382 e. The molecule has 1 heterocycles. The Labute approximate surface area is 145 Å². The maximum Gasteiger partial charge on any atom is 0.271 e. The van der Waals surface area contributed by atoms with Crippen molar-refractivity contribution in [3.63, 3.8) is 0 Å². The number of anilines is 2. The lowest BCUT2D eigenvalue weighted by atomic mass is 10.1. The van der Waals surface area contributed by atoms with Crippen molar-refractivity contribution in [3.8, 4) is 0 Å². The number of hydrogen-bond donors (Lipinski definition) is 3. The van der Waals surface area contributed by atoms with Gasteiger partial charge in [0.2, 0.25) is 5.91 Å². The maximum absolute atomic E-state index is 12.2. The van der Waals surface area contributed by atoms with Crippen LogP contribution in [-0.4, -0.2) is 21.8 Å². The number of rotatable bonds is 5. The highest BCUT2D eigenvalue weighted by molar-refractivity contribution is 5.95. The number of aromatic nitrogens is 2. The van der Waals surface area contributed by atoms with Crippen molar-refractivity contribution in [2.24, 2.45) is 11.7 Å². The fourth-order valence-electron chi connectivity index (χ4n) is 3.10. The minimum atomic E-state index is -0.704. The van der Waals surface area contributed by atoms with Crippen molar-refractivity contribution in [3.05, 3.63) is 47.4 Å². The Kier molecular flexibility index (Phi) is 4.92. The normalized spacial score (nSPS) is 14.4. The van der Waals surface area contributed by atoms with Crippen molar-refractivity contribution in [2.75, 3.05) is 11.1 Å². The van der Waals surface area contributed by atoms with Gasteiger partial charge in [0, 0.05) is 18.0 Å². The molecule has 0 unspecified atom stereocenters. The van der Waals surface area contributed by atoms with Crippen molar-refractivity contribution >= 4 is 23.3 Å². The first-order chi connectivity index (χ1) is 12.0. The minimum absolute atomic E-state index is 0.0221. The van der Waals surface area contributed by atoms with E-state index in [9.17, 15) is 9.59 Å². The Morgan fingerprint density at radius 1 is 1.24 bits per heavy atom. The van der Waals surface area contributed by atoms with Gasteiger partial charge in [-0.1, -0.05) is 25.0 Å². The summed E-state index contributed by atoms with van der Waals surface area (Å²) in [5.41, 5.74) is 13.1. The molecule has 0 bridgehead atoms. The maximum atomic E-state index is 12.2. The van der Waals surface area contributed by atoms with E-state index in [0.717, 1.165) is 36.9 Å². The van der Waals surface area contributed by atoms with E-state index in [-0.39, 0.29) is 23.3 Å². The molecule has 3 rings (SSSR count). The highest BCUT2D eigenvalue weighted by atomic mass is 16.2. The Bertz CT molecular complexity index is 800. The van der Waals surface area contributed by atoms with Gasteiger partial charge in [-0.25, -0.2) is 9.97 Å². The lowest BCUT2D eigenvalue weighted by Crippen LogP contribution is -2.20. The fourth-order valence-corrected chi connectivity index (χ4v) is 3.10. The average molecular weight is 339 g/mol. The molecule has 1 fully saturated rings. The molecule has 1 aliphatic rings. The summed E-state index contributed by atoms with van der Waals surface area (Å²) in [6.45, 7) is 0. The third-order valence-corrected chi connectivity index (χ3v) is 4.39. The Morgan fingerprint density at radius 2 is 2.00 bits per heavy atom. The first kappa shape index (κ1) is 16.9. The van der Waals surface area contributed by atoms with Crippen molar-refractivity contribution in [1.29, 1.82) is 0 Å². The van der Waals surface area contributed by atoms with Gasteiger partial charge in [-0.2, -0.15) is 0 Å². The summed E-state index contributed by atoms with van der Waals surface area (Å²) in [6, 6.07) is 7.56. The molecule has 25 heavy (non-hydrogen) atoms. The van der Waals surface area contributed by atoms with Gasteiger partial charge in [-0.3, -0.25) is 9.59 Å². The summed E-state index contributed by atoms with van der Waals surface area (Å²) in [5, 5.41) is 2.98. The standard InChI is InChI=1S/C18H21N5O2/c19-16-15(17(20)24)22-14(10-21-16)9-11-4-3-7-13(8-11)23-18(25)12-5-1-2-6-12/h3-4,7-8,10,12H,1-2,5-6,9H2,(H2,19,21)(H2,20,24)(H,23,25). The molecule has 5 N–H and O–H groups in total. The lowest BCUT2D eigenvalue weighted by molar-refractivity contribution is -0.119. The van der Waals surface area contributed by atoms with E-state index in [1.807, 2.05) is 24.3 Å². The largest absolute Gasteiger partial charge is 0.382 e. The summed E-state index contributed by atoms with van der Waals surface area (Å²) in [4.78, 5) is 31.7. The second kappa shape index (κ2) is 7.29. The van der Waals surface area contributed by atoms with Gasteiger partial charge in [-0.05, 0) is 30.5 Å². The Hall–Kier alpha value is -2.96. The molecule has 1 aromatic carbocycles. The smallest absolute Gasteiger partial charge is 0.271 e. The number of primary amides is 1. The monoisotopic (exact) mass is 339 g/mol. The van der Waals surface area contributed by atoms with E-state index in [1.165, 1.54) is 6.20 Å². The van der Waals surface area contributed by atoms with Crippen LogP contribution in [0.5, 0.6) is 0 Å². The van der Waals surface area contributed by atoms with Crippen LogP contribution in [-0.2, 0) is 11.2 Å². The van der Waals surface area contributed by atoms with E-state index in [0.29, 0.717) is 12.1 Å². The molecular formula is C18H21N5O2. The van der Waals surface area contributed by atoms with Gasteiger partial charge in [0.1, 0.15) is 0 Å². The van der Waals surface area contributed by atoms with E-state index in [1.54, 1.807) is 0 Å². The number of carbonyl (C=O) groups is 2. The molecule has 0 atom stereocenters. The zero-order valence-electron chi connectivity index (χ0n) is 13.9.